The molecule has 1 atom stereocenters. The van der Waals surface area contributed by atoms with E-state index in [0.29, 0.717) is 17.9 Å². The number of methoxy groups -OCH3 is 2. The first-order valence-corrected chi connectivity index (χ1v) is 16.1. The van der Waals surface area contributed by atoms with Crippen molar-refractivity contribution in [3.63, 3.8) is 0 Å². The molecule has 10 heteroatoms. The van der Waals surface area contributed by atoms with Crippen LogP contribution in [0.2, 0.25) is 0 Å². The van der Waals surface area contributed by atoms with E-state index in [4.69, 9.17) is 9.47 Å². The number of sulfonamides is 1. The van der Waals surface area contributed by atoms with Gasteiger partial charge in [0, 0.05) is 12.6 Å². The third kappa shape index (κ3) is 7.67. The number of ether oxygens (including phenoxy) is 2. The Kier molecular flexibility index (Phi) is 10.7. The zero-order chi connectivity index (χ0) is 31.0. The van der Waals surface area contributed by atoms with Crippen molar-refractivity contribution in [2.45, 2.75) is 69.5 Å². The molecule has 0 unspecified atom stereocenters. The lowest BCUT2D eigenvalue weighted by Gasteiger charge is -2.34. The summed E-state index contributed by atoms with van der Waals surface area (Å²) in [6.07, 6.45) is 4.32. The number of benzene rings is 3. The number of amides is 2. The van der Waals surface area contributed by atoms with Crippen LogP contribution in [0, 0.1) is 6.92 Å². The van der Waals surface area contributed by atoms with E-state index in [0.717, 1.165) is 41.1 Å². The molecule has 43 heavy (non-hydrogen) atoms. The number of nitrogens with one attached hydrogen (secondary N) is 1. The van der Waals surface area contributed by atoms with Crippen molar-refractivity contribution in [3.05, 3.63) is 83.9 Å². The summed E-state index contributed by atoms with van der Waals surface area (Å²) in [5.41, 5.74) is 2.08. The van der Waals surface area contributed by atoms with Crippen LogP contribution in [-0.4, -0.2) is 58.0 Å². The van der Waals surface area contributed by atoms with Gasteiger partial charge >= 0.3 is 0 Å². The van der Waals surface area contributed by atoms with Gasteiger partial charge in [-0.2, -0.15) is 0 Å². The zero-order valence-electron chi connectivity index (χ0n) is 25.3. The predicted molar refractivity (Wildman–Crippen MR) is 167 cm³/mol. The molecule has 1 aliphatic rings. The second-order valence-corrected chi connectivity index (χ2v) is 12.6. The molecule has 0 bridgehead atoms. The van der Waals surface area contributed by atoms with Crippen LogP contribution in [0.15, 0.2) is 77.7 Å². The molecular weight excluding hydrogens is 566 g/mol. The van der Waals surface area contributed by atoms with Crippen molar-refractivity contribution in [2.75, 3.05) is 25.1 Å². The average Bonchev–Trinajstić information content (AvgIpc) is 3.52. The monoisotopic (exact) mass is 607 g/mol. The summed E-state index contributed by atoms with van der Waals surface area (Å²) in [5.74, 6) is 0.0704. The van der Waals surface area contributed by atoms with Gasteiger partial charge in [-0.15, -0.1) is 0 Å². The number of nitrogens with zero attached hydrogens (tertiary/aromatic N) is 2. The molecule has 0 spiro atoms. The molecular formula is C33H41N3O6S. The fourth-order valence-electron chi connectivity index (χ4n) is 5.52. The van der Waals surface area contributed by atoms with Crippen LogP contribution in [-0.2, 0) is 26.2 Å². The quantitative estimate of drug-likeness (QED) is 0.291. The van der Waals surface area contributed by atoms with Crippen molar-refractivity contribution >= 4 is 27.5 Å². The van der Waals surface area contributed by atoms with Crippen molar-refractivity contribution in [2.24, 2.45) is 0 Å². The third-order valence-electron chi connectivity index (χ3n) is 7.80. The van der Waals surface area contributed by atoms with Gasteiger partial charge in [0.2, 0.25) is 11.8 Å². The van der Waals surface area contributed by atoms with Gasteiger partial charge in [-0.3, -0.25) is 13.9 Å². The number of rotatable bonds is 13. The van der Waals surface area contributed by atoms with Gasteiger partial charge in [0.25, 0.3) is 10.0 Å². The van der Waals surface area contributed by atoms with Crippen LogP contribution in [0.4, 0.5) is 5.69 Å². The Labute approximate surface area is 254 Å². The van der Waals surface area contributed by atoms with E-state index in [1.807, 2.05) is 38.1 Å². The molecule has 1 aliphatic carbocycles. The highest BCUT2D eigenvalue weighted by Crippen LogP contribution is 2.33. The van der Waals surface area contributed by atoms with E-state index in [2.05, 4.69) is 5.32 Å². The predicted octanol–water partition coefficient (Wildman–Crippen LogP) is 5.07. The molecule has 0 heterocycles. The Balaban J connectivity index is 1.74. The number of para-hydroxylation sites is 2. The normalized spacial score (nSPS) is 14.1. The molecule has 2 amide bonds. The van der Waals surface area contributed by atoms with E-state index in [1.54, 1.807) is 36.4 Å². The van der Waals surface area contributed by atoms with Gasteiger partial charge in [0.15, 0.2) is 0 Å². The van der Waals surface area contributed by atoms with Crippen LogP contribution in [0.5, 0.6) is 11.5 Å². The molecule has 0 aromatic heterocycles. The molecule has 230 valence electrons. The largest absolute Gasteiger partial charge is 0.497 e. The number of carbonyl (C=O) groups excluding carboxylic acids is 2. The van der Waals surface area contributed by atoms with Crippen LogP contribution >= 0.6 is 0 Å². The van der Waals surface area contributed by atoms with Crippen molar-refractivity contribution in [1.82, 2.24) is 10.2 Å². The number of anilines is 1. The Hall–Kier alpha value is -4.05. The summed E-state index contributed by atoms with van der Waals surface area (Å²) < 4.78 is 40.1. The number of hydrogen-bond acceptors (Lipinski definition) is 6. The zero-order valence-corrected chi connectivity index (χ0v) is 26.1. The number of aryl methyl sites for hydroxylation is 1. The van der Waals surface area contributed by atoms with Crippen molar-refractivity contribution in [1.29, 1.82) is 0 Å². The Morgan fingerprint density at radius 2 is 1.65 bits per heavy atom. The van der Waals surface area contributed by atoms with Crippen LogP contribution < -0.4 is 19.1 Å². The lowest BCUT2D eigenvalue weighted by molar-refractivity contribution is -0.140. The summed E-state index contributed by atoms with van der Waals surface area (Å²) in [4.78, 5) is 29.4. The third-order valence-corrected chi connectivity index (χ3v) is 9.58. The van der Waals surface area contributed by atoms with Gasteiger partial charge in [-0.25, -0.2) is 8.42 Å². The van der Waals surface area contributed by atoms with Gasteiger partial charge in [0.05, 0.1) is 24.8 Å². The fraction of sp³-hybridized carbons (Fsp3) is 0.394. The number of carbonyl (C=O) groups is 2. The summed E-state index contributed by atoms with van der Waals surface area (Å²) in [6.45, 7) is 3.44. The molecule has 1 N–H and O–H groups in total. The van der Waals surface area contributed by atoms with Gasteiger partial charge in [0.1, 0.15) is 24.1 Å². The van der Waals surface area contributed by atoms with E-state index in [1.165, 1.54) is 31.3 Å². The van der Waals surface area contributed by atoms with Gasteiger partial charge < -0.3 is 19.7 Å². The van der Waals surface area contributed by atoms with E-state index >= 15 is 0 Å². The first-order valence-electron chi connectivity index (χ1n) is 14.6. The maximum atomic E-state index is 14.3. The summed E-state index contributed by atoms with van der Waals surface area (Å²) >= 11 is 0. The van der Waals surface area contributed by atoms with Crippen LogP contribution in [0.3, 0.4) is 0 Å². The smallest absolute Gasteiger partial charge is 0.264 e. The standard InChI is InChI=1S/C33H41N3O6S/c1-5-29(33(38)34-26-13-6-7-14-26)35(22-25-12-10-11-24(2)21-25)32(37)23-36(30-15-8-9-16-31(30)42-4)43(39,40)28-19-17-27(41-3)18-20-28/h8-12,15-21,26,29H,5-7,13-14,22-23H2,1-4H3,(H,34,38)/t29-/m1/s1. The molecule has 4 rings (SSSR count). The molecule has 3 aromatic rings. The van der Waals surface area contributed by atoms with Crippen LogP contribution in [0.1, 0.15) is 50.2 Å². The first-order chi connectivity index (χ1) is 20.7. The summed E-state index contributed by atoms with van der Waals surface area (Å²) in [6, 6.07) is 19.7. The molecule has 0 aliphatic heterocycles. The lowest BCUT2D eigenvalue weighted by Crippen LogP contribution is -2.53. The highest BCUT2D eigenvalue weighted by Gasteiger charge is 2.35. The first kappa shape index (κ1) is 31.9. The molecule has 1 saturated carbocycles. The van der Waals surface area contributed by atoms with E-state index < -0.39 is 28.5 Å². The maximum Gasteiger partial charge on any atom is 0.264 e. The Morgan fingerprint density at radius 3 is 2.28 bits per heavy atom. The minimum absolute atomic E-state index is 0.0109. The molecule has 1 fully saturated rings. The topological polar surface area (TPSA) is 105 Å². The minimum Gasteiger partial charge on any atom is -0.497 e. The van der Waals surface area contributed by atoms with Crippen molar-refractivity contribution in [3.8, 4) is 11.5 Å². The average molecular weight is 608 g/mol. The molecule has 3 aromatic carbocycles. The van der Waals surface area contributed by atoms with E-state index in [9.17, 15) is 18.0 Å². The van der Waals surface area contributed by atoms with E-state index in [-0.39, 0.29) is 29.1 Å². The Morgan fingerprint density at radius 1 is 0.953 bits per heavy atom. The molecule has 0 radical (unpaired) electrons. The highest BCUT2D eigenvalue weighted by atomic mass is 32.2. The SMILES string of the molecule is CC[C@H](C(=O)NC1CCCC1)N(Cc1cccc(C)c1)C(=O)CN(c1ccccc1OC)S(=O)(=O)c1ccc(OC)cc1. The molecule has 0 saturated heterocycles. The minimum atomic E-state index is -4.24. The second kappa shape index (κ2) is 14.4. The lowest BCUT2D eigenvalue weighted by atomic mass is 10.1. The van der Waals surface area contributed by atoms with Crippen LogP contribution in [0.25, 0.3) is 0 Å². The second-order valence-electron chi connectivity index (χ2n) is 10.8. The maximum absolute atomic E-state index is 14.3. The highest BCUT2D eigenvalue weighted by molar-refractivity contribution is 7.92. The fourth-order valence-corrected chi connectivity index (χ4v) is 6.94. The van der Waals surface area contributed by atoms with Gasteiger partial charge in [-0.1, -0.05) is 61.7 Å². The Bertz CT molecular complexity index is 1500. The summed E-state index contributed by atoms with van der Waals surface area (Å²) in [5, 5.41) is 3.14. The van der Waals surface area contributed by atoms with Gasteiger partial charge in [-0.05, 0) is 68.1 Å². The summed E-state index contributed by atoms with van der Waals surface area (Å²) in [7, 11) is -1.29. The molecule has 9 nitrogen and oxygen atoms in total. The van der Waals surface area contributed by atoms with Crippen molar-refractivity contribution < 1.29 is 27.5 Å². The number of hydrogen-bond donors (Lipinski definition) is 1.